The number of ketones is 1. The number of aliphatic hydroxyl groups is 3. The van der Waals surface area contributed by atoms with Crippen LogP contribution in [-0.4, -0.2) is 64.0 Å². The standard InChI is InChI=1S/C14H26O4.2C5H12O.Ti/c1-13(2,3)11(15)9-12(16)14(4,5)10-18-8-7-17-6;2*1-4-5(2,3)6;/h9,16H,7-8,10H2,1-6H3;2*6H,4H2,1-3H3;/p+1/b12-9-;;;. The van der Waals surface area contributed by atoms with E-state index in [0.29, 0.717) is 19.8 Å². The van der Waals surface area contributed by atoms with Gasteiger partial charge in [-0.2, -0.15) is 0 Å². The van der Waals surface area contributed by atoms with Crippen molar-refractivity contribution in [2.45, 2.75) is 100 Å². The third-order valence-electron chi connectivity index (χ3n) is 4.36. The van der Waals surface area contributed by atoms with Gasteiger partial charge in [-0.05, 0) is 61.3 Å². The van der Waals surface area contributed by atoms with Gasteiger partial charge in [0, 0.05) is 34.2 Å². The van der Waals surface area contributed by atoms with E-state index in [-0.39, 0.29) is 38.7 Å². The molecular formula is C24H51O6Ti+. The van der Waals surface area contributed by atoms with Gasteiger partial charge in [0.1, 0.15) is 5.76 Å². The molecule has 0 spiro atoms. The first-order chi connectivity index (χ1) is 13.2. The van der Waals surface area contributed by atoms with Gasteiger partial charge < -0.3 is 24.8 Å². The van der Waals surface area contributed by atoms with Crippen LogP contribution in [0.5, 0.6) is 0 Å². The quantitative estimate of drug-likeness (QED) is 0.140. The van der Waals surface area contributed by atoms with Gasteiger partial charge in [-0.3, -0.25) is 4.79 Å². The van der Waals surface area contributed by atoms with Crippen molar-refractivity contribution < 1.29 is 51.3 Å². The maximum absolute atomic E-state index is 10.0. The number of methoxy groups -OCH3 is 1. The summed E-state index contributed by atoms with van der Waals surface area (Å²) in [6, 6.07) is 0. The molecule has 0 aliphatic carbocycles. The van der Waals surface area contributed by atoms with Crippen LogP contribution in [-0.2, 0) is 31.2 Å². The number of ether oxygens (including phenoxy) is 2. The van der Waals surface area contributed by atoms with Crippen LogP contribution in [0.25, 0.3) is 0 Å². The minimum absolute atomic E-state index is 0. The third-order valence-corrected chi connectivity index (χ3v) is 4.36. The Morgan fingerprint density at radius 1 is 0.839 bits per heavy atom. The van der Waals surface area contributed by atoms with E-state index >= 15 is 0 Å². The van der Waals surface area contributed by atoms with Gasteiger partial charge in [0.15, 0.2) is 0 Å². The molecule has 0 radical (unpaired) electrons. The minimum Gasteiger partial charge on any atom is -0.511 e. The summed E-state index contributed by atoms with van der Waals surface area (Å²) in [5.74, 6) is 0.275. The summed E-state index contributed by atoms with van der Waals surface area (Å²) in [4.78, 5) is 9.85. The summed E-state index contributed by atoms with van der Waals surface area (Å²) >= 11 is 0. The van der Waals surface area contributed by atoms with Crippen molar-refractivity contribution in [1.29, 1.82) is 0 Å². The Balaban J connectivity index is -0.000000231. The molecule has 0 fully saturated rings. The Hall–Kier alpha value is -0.236. The molecule has 0 rings (SSSR count). The smallest absolute Gasteiger partial charge is 0.325 e. The first kappa shape index (κ1) is 38.0. The fourth-order valence-corrected chi connectivity index (χ4v) is 1.08. The summed E-state index contributed by atoms with van der Waals surface area (Å²) < 4.78 is 10.3. The molecule has 186 valence electrons. The second-order valence-corrected chi connectivity index (χ2v) is 10.4. The normalized spacial score (nSPS) is 12.6. The van der Waals surface area contributed by atoms with Crippen LogP contribution in [0, 0.1) is 10.8 Å². The van der Waals surface area contributed by atoms with Crippen LogP contribution in [0.15, 0.2) is 11.8 Å². The Morgan fingerprint density at radius 2 is 1.19 bits per heavy atom. The van der Waals surface area contributed by atoms with Gasteiger partial charge in [0.05, 0.1) is 42.5 Å². The Labute approximate surface area is 206 Å². The number of carbonyl (C=O) groups excluding carboxylic acids is 1. The van der Waals surface area contributed by atoms with E-state index in [1.807, 2.05) is 48.5 Å². The van der Waals surface area contributed by atoms with Crippen LogP contribution < -0.4 is 0 Å². The minimum atomic E-state index is -0.535. The van der Waals surface area contributed by atoms with Crippen LogP contribution in [0.3, 0.4) is 0 Å². The molecule has 0 aliphatic rings. The molecule has 0 aliphatic heterocycles. The van der Waals surface area contributed by atoms with E-state index in [1.54, 1.807) is 34.8 Å². The van der Waals surface area contributed by atoms with E-state index < -0.39 is 16.6 Å². The first-order valence-electron chi connectivity index (χ1n) is 10.7. The second kappa shape index (κ2) is 17.3. The molecule has 0 bridgehead atoms. The summed E-state index contributed by atoms with van der Waals surface area (Å²) in [6.07, 6.45) is 3.07. The van der Waals surface area contributed by atoms with Crippen LogP contribution >= 0.6 is 0 Å². The van der Waals surface area contributed by atoms with Crippen molar-refractivity contribution in [3.63, 3.8) is 0 Å². The zero-order chi connectivity index (χ0) is 24.8. The number of rotatable bonds is 9. The molecule has 0 saturated heterocycles. The van der Waals surface area contributed by atoms with Gasteiger partial charge in [0.25, 0.3) is 0 Å². The van der Waals surface area contributed by atoms with Crippen LogP contribution in [0.2, 0.25) is 0 Å². The predicted octanol–water partition coefficient (Wildman–Crippen LogP) is 5.04. The molecular weight excluding hydrogens is 432 g/mol. The molecule has 0 aromatic carbocycles. The Bertz CT molecular complexity index is 466. The zero-order valence-electron chi connectivity index (χ0n) is 22.2. The van der Waals surface area contributed by atoms with Gasteiger partial charge in [-0.25, -0.2) is 0 Å². The first-order valence-corrected chi connectivity index (χ1v) is 10.7. The molecule has 0 unspecified atom stereocenters. The molecule has 31 heavy (non-hydrogen) atoms. The summed E-state index contributed by atoms with van der Waals surface area (Å²) in [7, 11) is 1.61. The molecule has 0 amide bonds. The molecule has 4 N–H and O–H groups in total. The van der Waals surface area contributed by atoms with E-state index in [9.17, 15) is 9.90 Å². The summed E-state index contributed by atoms with van der Waals surface area (Å²) in [6.45, 7) is 21.9. The predicted molar refractivity (Wildman–Crippen MR) is 127 cm³/mol. The van der Waals surface area contributed by atoms with Crippen molar-refractivity contribution in [1.82, 2.24) is 0 Å². The maximum Gasteiger partial charge on any atom is 0.325 e. The van der Waals surface area contributed by atoms with Gasteiger partial charge >= 0.3 is 5.78 Å². The van der Waals surface area contributed by atoms with E-state index in [1.165, 1.54) is 6.08 Å². The van der Waals surface area contributed by atoms with Crippen molar-refractivity contribution in [2.24, 2.45) is 10.8 Å². The van der Waals surface area contributed by atoms with Crippen molar-refractivity contribution >= 4 is 5.78 Å². The molecule has 7 heteroatoms. The van der Waals surface area contributed by atoms with Crippen molar-refractivity contribution in [3.8, 4) is 0 Å². The summed E-state index contributed by atoms with van der Waals surface area (Å²) in [5.41, 5.74) is -1.83. The zero-order valence-corrected chi connectivity index (χ0v) is 23.8. The maximum atomic E-state index is 10.0. The SMILES string of the molecule is CCC(C)(C)O.CCC(C)(C)O.COCCOCC(C)(C)/C(O)=C/C(=[OH+])C(C)(C)C.[Ti]. The second-order valence-electron chi connectivity index (χ2n) is 10.4. The molecule has 0 aromatic heterocycles. The number of allylic oxidation sites excluding steroid dienone is 1. The molecule has 0 aromatic rings. The average molecular weight is 484 g/mol. The fraction of sp³-hybridized carbons (Fsp3) is 0.875. The van der Waals surface area contributed by atoms with E-state index in [4.69, 9.17) is 19.7 Å². The fourth-order valence-electron chi connectivity index (χ4n) is 1.08. The topological polar surface area (TPSA) is 101 Å². The molecule has 0 atom stereocenters. The van der Waals surface area contributed by atoms with Crippen LogP contribution in [0.1, 0.15) is 89.0 Å². The van der Waals surface area contributed by atoms with Gasteiger partial charge in [0.2, 0.25) is 0 Å². The van der Waals surface area contributed by atoms with Gasteiger partial charge in [-0.15, -0.1) is 0 Å². The number of hydrogen-bond acceptors (Lipinski definition) is 5. The van der Waals surface area contributed by atoms with Crippen LogP contribution in [0.4, 0.5) is 0 Å². The largest absolute Gasteiger partial charge is 0.511 e. The van der Waals surface area contributed by atoms with Crippen molar-refractivity contribution in [3.05, 3.63) is 11.8 Å². The monoisotopic (exact) mass is 483 g/mol. The third kappa shape index (κ3) is 27.7. The average Bonchev–Trinajstić information content (AvgIpc) is 2.57. The molecule has 0 heterocycles. The van der Waals surface area contributed by atoms with Crippen molar-refractivity contribution in [2.75, 3.05) is 26.9 Å². The number of aliphatic hydroxyl groups excluding tert-OH is 1. The molecule has 0 saturated carbocycles. The van der Waals surface area contributed by atoms with E-state index in [0.717, 1.165) is 12.8 Å². The Morgan fingerprint density at radius 3 is 1.45 bits per heavy atom. The summed E-state index contributed by atoms with van der Waals surface area (Å²) in [5, 5.41) is 27.7. The van der Waals surface area contributed by atoms with E-state index in [2.05, 4.69) is 0 Å². The van der Waals surface area contributed by atoms with Gasteiger partial charge in [-0.1, -0.05) is 27.7 Å². The molecule has 6 nitrogen and oxygen atoms in total. The number of hydrogen-bond donors (Lipinski definition) is 3. The Kier molecular flexibility index (Phi) is 21.2.